The SMILES string of the molecule is C1CCNC1.O=C(O)c1cc(F)cc(I)c1.O=C(c1cc(F)cc(I)c1)N1CCCC1. The molecule has 0 radical (unpaired) electrons. The van der Waals surface area contributed by atoms with Gasteiger partial charge in [0.1, 0.15) is 11.6 Å². The molecule has 0 spiro atoms. The zero-order chi connectivity index (χ0) is 22.8. The van der Waals surface area contributed by atoms with Gasteiger partial charge in [-0.2, -0.15) is 0 Å². The van der Waals surface area contributed by atoms with Gasteiger partial charge in [0.15, 0.2) is 0 Å². The zero-order valence-electron chi connectivity index (χ0n) is 16.8. The number of hydrogen-bond donors (Lipinski definition) is 2. The van der Waals surface area contributed by atoms with E-state index in [1.807, 2.05) is 45.2 Å². The zero-order valence-corrected chi connectivity index (χ0v) is 21.2. The van der Waals surface area contributed by atoms with Crippen LogP contribution in [0.4, 0.5) is 8.78 Å². The molecule has 0 aromatic heterocycles. The second kappa shape index (κ2) is 13.3. The predicted molar refractivity (Wildman–Crippen MR) is 132 cm³/mol. The van der Waals surface area contributed by atoms with Gasteiger partial charge in [0.05, 0.1) is 5.56 Å². The highest BCUT2D eigenvalue weighted by Gasteiger charge is 2.20. The number of rotatable bonds is 2. The molecule has 0 unspecified atom stereocenters. The summed E-state index contributed by atoms with van der Waals surface area (Å²) in [5.41, 5.74) is 0.440. The first kappa shape index (κ1) is 25.9. The number of nitrogens with one attached hydrogen (secondary N) is 1. The number of hydrogen-bond acceptors (Lipinski definition) is 3. The highest BCUT2D eigenvalue weighted by Crippen LogP contribution is 2.16. The Kier molecular flexibility index (Phi) is 11.1. The number of benzene rings is 2. The second-order valence-corrected chi connectivity index (χ2v) is 9.57. The molecule has 2 aromatic carbocycles. The summed E-state index contributed by atoms with van der Waals surface area (Å²) in [7, 11) is 0. The molecule has 9 heteroatoms. The van der Waals surface area contributed by atoms with Gasteiger partial charge in [-0.05, 0) is 120 Å². The molecule has 5 nitrogen and oxygen atoms in total. The summed E-state index contributed by atoms with van der Waals surface area (Å²) in [5, 5.41) is 11.7. The molecular weight excluding hydrogens is 632 g/mol. The van der Waals surface area contributed by atoms with Crippen molar-refractivity contribution in [1.82, 2.24) is 10.2 Å². The van der Waals surface area contributed by atoms with Crippen molar-refractivity contribution < 1.29 is 23.5 Å². The molecule has 0 saturated carbocycles. The third-order valence-corrected chi connectivity index (χ3v) is 5.82. The predicted octanol–water partition coefficient (Wildman–Crippen LogP) is 5.16. The Morgan fingerprint density at radius 3 is 1.71 bits per heavy atom. The molecular formula is C22H24F2I2N2O3. The van der Waals surface area contributed by atoms with Crippen molar-refractivity contribution >= 4 is 57.1 Å². The van der Waals surface area contributed by atoms with Crippen molar-refractivity contribution in [3.05, 3.63) is 66.3 Å². The van der Waals surface area contributed by atoms with Gasteiger partial charge >= 0.3 is 5.97 Å². The maximum absolute atomic E-state index is 13.1. The number of carboxylic acids is 1. The van der Waals surface area contributed by atoms with Gasteiger partial charge in [-0.3, -0.25) is 4.79 Å². The maximum atomic E-state index is 13.1. The summed E-state index contributed by atoms with van der Waals surface area (Å²) in [6, 6.07) is 8.12. The lowest BCUT2D eigenvalue weighted by Crippen LogP contribution is -2.27. The molecule has 2 aromatic rings. The monoisotopic (exact) mass is 656 g/mol. The minimum absolute atomic E-state index is 0.0191. The van der Waals surface area contributed by atoms with Gasteiger partial charge in [-0.1, -0.05) is 0 Å². The smallest absolute Gasteiger partial charge is 0.335 e. The van der Waals surface area contributed by atoms with Gasteiger partial charge in [0, 0.05) is 25.8 Å². The van der Waals surface area contributed by atoms with E-state index in [-0.39, 0.29) is 17.3 Å². The number of carboxylic acid groups (broad SMARTS) is 1. The molecule has 2 fully saturated rings. The van der Waals surface area contributed by atoms with Crippen LogP contribution in [0.3, 0.4) is 0 Å². The van der Waals surface area contributed by atoms with Crippen LogP contribution in [0, 0.1) is 18.8 Å². The molecule has 4 rings (SSSR count). The number of carbonyl (C=O) groups excluding carboxylic acids is 1. The van der Waals surface area contributed by atoms with Crippen molar-refractivity contribution in [2.24, 2.45) is 0 Å². The highest BCUT2D eigenvalue weighted by molar-refractivity contribution is 14.1. The van der Waals surface area contributed by atoms with Crippen molar-refractivity contribution in [1.29, 1.82) is 0 Å². The Hall–Kier alpha value is -1.34. The van der Waals surface area contributed by atoms with Crippen molar-refractivity contribution in [3.8, 4) is 0 Å². The lowest BCUT2D eigenvalue weighted by Gasteiger charge is -2.15. The van der Waals surface area contributed by atoms with E-state index in [2.05, 4.69) is 5.32 Å². The lowest BCUT2D eigenvalue weighted by molar-refractivity contribution is 0.0695. The fourth-order valence-electron chi connectivity index (χ4n) is 3.08. The minimum atomic E-state index is -1.11. The standard InChI is InChI=1S/C11H11FINO.C7H4FIO2.C4H9N/c12-9-5-8(6-10(13)7-9)11(15)14-3-1-2-4-14;8-5-1-4(7(10)11)2-6(9)3-5;1-2-4-5-3-1/h5-7H,1-4H2;1-3H,(H,10,11);5H,1-4H2. The van der Waals surface area contributed by atoms with Gasteiger partial charge in [-0.25, -0.2) is 13.6 Å². The number of nitrogens with zero attached hydrogens (tertiary/aromatic N) is 1. The van der Waals surface area contributed by atoms with E-state index in [1.54, 1.807) is 11.0 Å². The molecule has 0 atom stereocenters. The quantitative estimate of drug-likeness (QED) is 0.439. The molecule has 2 aliphatic rings. The van der Waals surface area contributed by atoms with E-state index < -0.39 is 11.8 Å². The first-order valence-electron chi connectivity index (χ1n) is 9.92. The summed E-state index contributed by atoms with van der Waals surface area (Å²) in [4.78, 5) is 24.0. The Morgan fingerprint density at radius 2 is 1.29 bits per heavy atom. The largest absolute Gasteiger partial charge is 0.478 e. The van der Waals surface area contributed by atoms with Crippen LogP contribution in [0.5, 0.6) is 0 Å². The third-order valence-electron chi connectivity index (χ3n) is 4.57. The molecule has 2 heterocycles. The van der Waals surface area contributed by atoms with Crippen LogP contribution in [0.2, 0.25) is 0 Å². The number of amides is 1. The Bertz CT molecular complexity index is 854. The number of halogens is 4. The van der Waals surface area contributed by atoms with Crippen LogP contribution in [-0.2, 0) is 0 Å². The van der Waals surface area contributed by atoms with Crippen LogP contribution in [-0.4, -0.2) is 48.1 Å². The Balaban J connectivity index is 0.000000186. The molecule has 0 bridgehead atoms. The molecule has 1 amide bonds. The van der Waals surface area contributed by atoms with E-state index in [1.165, 1.54) is 50.2 Å². The average Bonchev–Trinajstić information content (AvgIpc) is 3.43. The van der Waals surface area contributed by atoms with Gasteiger partial charge < -0.3 is 15.3 Å². The van der Waals surface area contributed by atoms with Crippen LogP contribution < -0.4 is 5.32 Å². The fraction of sp³-hybridized carbons (Fsp3) is 0.364. The van der Waals surface area contributed by atoms with E-state index in [4.69, 9.17) is 5.11 Å². The summed E-state index contributed by atoms with van der Waals surface area (Å²) in [5.74, 6) is -2.02. The Labute approximate surface area is 207 Å². The summed E-state index contributed by atoms with van der Waals surface area (Å²) in [6.07, 6.45) is 4.89. The number of carbonyl (C=O) groups is 2. The van der Waals surface area contributed by atoms with E-state index in [9.17, 15) is 18.4 Å². The molecule has 2 aliphatic heterocycles. The van der Waals surface area contributed by atoms with Crippen LogP contribution in [0.15, 0.2) is 36.4 Å². The van der Waals surface area contributed by atoms with Gasteiger partial charge in [0.2, 0.25) is 0 Å². The van der Waals surface area contributed by atoms with E-state index in [0.29, 0.717) is 9.13 Å². The normalized spacial score (nSPS) is 14.9. The van der Waals surface area contributed by atoms with Crippen LogP contribution in [0.25, 0.3) is 0 Å². The number of likely N-dealkylation sites (tertiary alicyclic amines) is 1. The first-order chi connectivity index (χ1) is 14.8. The highest BCUT2D eigenvalue weighted by atomic mass is 127. The van der Waals surface area contributed by atoms with Gasteiger partial charge in [-0.15, -0.1) is 0 Å². The second-order valence-electron chi connectivity index (χ2n) is 7.08. The van der Waals surface area contributed by atoms with Crippen molar-refractivity contribution in [3.63, 3.8) is 0 Å². The van der Waals surface area contributed by atoms with Crippen molar-refractivity contribution in [2.75, 3.05) is 26.2 Å². The Morgan fingerprint density at radius 1 is 0.806 bits per heavy atom. The minimum Gasteiger partial charge on any atom is -0.478 e. The topological polar surface area (TPSA) is 69.6 Å². The van der Waals surface area contributed by atoms with Crippen LogP contribution in [0.1, 0.15) is 46.4 Å². The fourth-order valence-corrected chi connectivity index (χ4v) is 4.35. The van der Waals surface area contributed by atoms with Gasteiger partial charge in [0.25, 0.3) is 5.91 Å². The van der Waals surface area contributed by atoms with Crippen molar-refractivity contribution in [2.45, 2.75) is 25.7 Å². The molecule has 2 N–H and O–H groups in total. The van der Waals surface area contributed by atoms with Crippen LogP contribution >= 0.6 is 45.2 Å². The van der Waals surface area contributed by atoms with E-state index in [0.717, 1.165) is 35.6 Å². The third kappa shape index (κ3) is 9.36. The van der Waals surface area contributed by atoms with E-state index >= 15 is 0 Å². The summed E-state index contributed by atoms with van der Waals surface area (Å²) < 4.78 is 27.0. The molecule has 2 saturated heterocycles. The molecule has 168 valence electrons. The molecule has 31 heavy (non-hydrogen) atoms. The maximum Gasteiger partial charge on any atom is 0.335 e. The molecule has 0 aliphatic carbocycles. The lowest BCUT2D eigenvalue weighted by atomic mass is 10.2. The summed E-state index contributed by atoms with van der Waals surface area (Å²) in [6.45, 7) is 4.10. The first-order valence-corrected chi connectivity index (χ1v) is 12.1. The summed E-state index contributed by atoms with van der Waals surface area (Å²) >= 11 is 3.88. The number of aromatic carboxylic acids is 1. The average molecular weight is 656 g/mol.